The van der Waals surface area contributed by atoms with E-state index in [0.29, 0.717) is 5.56 Å². The number of allylic oxidation sites excluding steroid dienone is 1. The van der Waals surface area contributed by atoms with Gasteiger partial charge in [-0.15, -0.1) is 0 Å². The fourth-order valence-electron chi connectivity index (χ4n) is 3.02. The minimum atomic E-state index is -4.64. The number of methoxy groups -OCH3 is 1. The van der Waals surface area contributed by atoms with Crippen LogP contribution < -0.4 is 10.1 Å². The Morgan fingerprint density at radius 1 is 1.23 bits per heavy atom. The number of carbonyl (C=O) groups excluding carboxylic acids is 2. The number of anilines is 1. The van der Waals surface area contributed by atoms with Crippen LogP contribution in [0, 0.1) is 5.82 Å². The summed E-state index contributed by atoms with van der Waals surface area (Å²) < 4.78 is 57.5. The van der Waals surface area contributed by atoms with Gasteiger partial charge in [-0.2, -0.15) is 13.2 Å². The number of benzene rings is 2. The van der Waals surface area contributed by atoms with Crippen molar-refractivity contribution in [3.05, 3.63) is 70.1 Å². The van der Waals surface area contributed by atoms with Crippen LogP contribution in [0.4, 0.5) is 28.0 Å². The number of carbonyl (C=O) groups is 2. The van der Waals surface area contributed by atoms with Crippen molar-refractivity contribution in [2.75, 3.05) is 12.4 Å². The SMILES string of the molecule is COc1cc(NC(=O)N2C=CC(=O)C[C@H]2c2ccc(F)cc2)c(Br)cc1C(F)(F)F. The number of ether oxygens (including phenoxy) is 1. The van der Waals surface area contributed by atoms with Crippen molar-refractivity contribution in [2.24, 2.45) is 0 Å². The van der Waals surface area contributed by atoms with Crippen molar-refractivity contribution < 1.29 is 31.9 Å². The summed E-state index contributed by atoms with van der Waals surface area (Å²) >= 11 is 3.03. The molecule has 1 atom stereocenters. The van der Waals surface area contributed by atoms with E-state index in [0.717, 1.165) is 19.2 Å². The number of ketones is 1. The van der Waals surface area contributed by atoms with Crippen LogP contribution in [0.1, 0.15) is 23.6 Å². The lowest BCUT2D eigenvalue weighted by Gasteiger charge is -2.31. The summed E-state index contributed by atoms with van der Waals surface area (Å²) in [5, 5.41) is 2.52. The van der Waals surface area contributed by atoms with Crippen LogP contribution in [0.3, 0.4) is 0 Å². The van der Waals surface area contributed by atoms with Gasteiger partial charge in [-0.3, -0.25) is 9.69 Å². The summed E-state index contributed by atoms with van der Waals surface area (Å²) in [6.07, 6.45) is -2.15. The maximum Gasteiger partial charge on any atom is 0.420 e. The van der Waals surface area contributed by atoms with Crippen LogP contribution in [0.25, 0.3) is 0 Å². The molecule has 0 saturated carbocycles. The van der Waals surface area contributed by atoms with Crippen molar-refractivity contribution in [3.63, 3.8) is 0 Å². The highest BCUT2D eigenvalue weighted by Gasteiger charge is 2.36. The molecule has 3 rings (SSSR count). The second-order valence-corrected chi connectivity index (χ2v) is 7.28. The highest BCUT2D eigenvalue weighted by molar-refractivity contribution is 9.10. The summed E-state index contributed by atoms with van der Waals surface area (Å²) in [5.74, 6) is -1.14. The van der Waals surface area contributed by atoms with Gasteiger partial charge in [-0.25, -0.2) is 9.18 Å². The first-order chi connectivity index (χ1) is 14.1. The lowest BCUT2D eigenvalue weighted by Crippen LogP contribution is -2.37. The number of rotatable bonds is 3. The van der Waals surface area contributed by atoms with Crippen LogP contribution in [-0.4, -0.2) is 23.8 Å². The fourth-order valence-corrected chi connectivity index (χ4v) is 3.46. The standard InChI is InChI=1S/C20H15BrF4N2O3/c1-30-18-10-16(15(21)9-14(18)20(23,24)25)26-19(29)27-7-6-13(28)8-17(27)11-2-4-12(22)5-3-11/h2-7,9-10,17H,8H2,1H3,(H,26,29)/t17-/m0/s1. The fraction of sp³-hybridized carbons (Fsp3) is 0.200. The van der Waals surface area contributed by atoms with Gasteiger partial charge in [0.05, 0.1) is 24.4 Å². The third-order valence-electron chi connectivity index (χ3n) is 4.48. The Labute approximate surface area is 177 Å². The summed E-state index contributed by atoms with van der Waals surface area (Å²) in [5.41, 5.74) is -0.413. The first-order valence-corrected chi connectivity index (χ1v) is 9.40. The van der Waals surface area contributed by atoms with Gasteiger partial charge in [0.25, 0.3) is 0 Å². The van der Waals surface area contributed by atoms with E-state index in [2.05, 4.69) is 21.2 Å². The summed E-state index contributed by atoms with van der Waals surface area (Å²) in [6, 6.07) is 5.83. The van der Waals surface area contributed by atoms with Crippen LogP contribution in [-0.2, 0) is 11.0 Å². The molecule has 0 radical (unpaired) electrons. The molecule has 0 unspecified atom stereocenters. The van der Waals surface area contributed by atoms with Crippen LogP contribution in [0.2, 0.25) is 0 Å². The first-order valence-electron chi connectivity index (χ1n) is 8.60. The molecule has 0 aromatic heterocycles. The smallest absolute Gasteiger partial charge is 0.420 e. The van der Waals surface area contributed by atoms with Gasteiger partial charge >= 0.3 is 12.2 Å². The molecule has 0 aliphatic carbocycles. The van der Waals surface area contributed by atoms with Crippen molar-refractivity contribution in [1.29, 1.82) is 0 Å². The summed E-state index contributed by atoms with van der Waals surface area (Å²) in [7, 11) is 1.09. The van der Waals surface area contributed by atoms with E-state index in [4.69, 9.17) is 4.74 Å². The minimum absolute atomic E-state index is 0.000581. The van der Waals surface area contributed by atoms with E-state index in [1.165, 1.54) is 41.4 Å². The minimum Gasteiger partial charge on any atom is -0.496 e. The van der Waals surface area contributed by atoms with Gasteiger partial charge < -0.3 is 10.1 Å². The zero-order chi connectivity index (χ0) is 22.1. The Morgan fingerprint density at radius 2 is 1.90 bits per heavy atom. The molecule has 5 nitrogen and oxygen atoms in total. The lowest BCUT2D eigenvalue weighted by atomic mass is 9.97. The van der Waals surface area contributed by atoms with Crippen molar-refractivity contribution >= 4 is 33.4 Å². The number of urea groups is 1. The molecule has 0 saturated heterocycles. The molecule has 2 aromatic rings. The van der Waals surface area contributed by atoms with Crippen LogP contribution >= 0.6 is 15.9 Å². The number of nitrogens with one attached hydrogen (secondary N) is 1. The van der Waals surface area contributed by atoms with E-state index < -0.39 is 35.4 Å². The molecular weight excluding hydrogens is 472 g/mol. The normalized spacial score (nSPS) is 16.5. The maximum atomic E-state index is 13.2. The highest BCUT2D eigenvalue weighted by Crippen LogP contribution is 2.41. The van der Waals surface area contributed by atoms with Gasteiger partial charge in [-0.05, 0) is 45.8 Å². The monoisotopic (exact) mass is 486 g/mol. The van der Waals surface area contributed by atoms with Crippen LogP contribution in [0.15, 0.2) is 53.1 Å². The van der Waals surface area contributed by atoms with Gasteiger partial charge in [0.15, 0.2) is 5.78 Å². The molecule has 1 aliphatic heterocycles. The lowest BCUT2D eigenvalue weighted by molar-refractivity contribution is -0.138. The Morgan fingerprint density at radius 3 is 2.50 bits per heavy atom. The maximum absolute atomic E-state index is 13.2. The molecule has 10 heteroatoms. The molecular formula is C20H15BrF4N2O3. The largest absolute Gasteiger partial charge is 0.496 e. The Bertz CT molecular complexity index is 1010. The van der Waals surface area contributed by atoms with Gasteiger partial charge in [0.2, 0.25) is 0 Å². The number of nitrogens with zero attached hydrogens (tertiary/aromatic N) is 1. The predicted octanol–water partition coefficient (Wildman–Crippen LogP) is 5.68. The van der Waals surface area contributed by atoms with E-state index in [-0.39, 0.29) is 22.4 Å². The molecule has 0 bridgehead atoms. The Hall–Kier alpha value is -2.88. The number of alkyl halides is 3. The van der Waals surface area contributed by atoms with E-state index in [1.54, 1.807) is 0 Å². The molecule has 1 N–H and O–H groups in total. The molecule has 0 spiro atoms. The number of amides is 2. The molecule has 158 valence electrons. The second kappa shape index (κ2) is 8.47. The number of halogens is 5. The molecule has 30 heavy (non-hydrogen) atoms. The van der Waals surface area contributed by atoms with Crippen molar-refractivity contribution in [2.45, 2.75) is 18.6 Å². The molecule has 1 heterocycles. The molecule has 1 aliphatic rings. The van der Waals surface area contributed by atoms with Crippen molar-refractivity contribution in [1.82, 2.24) is 4.90 Å². The van der Waals surface area contributed by atoms with Crippen molar-refractivity contribution in [3.8, 4) is 5.75 Å². The molecule has 0 fully saturated rings. The zero-order valence-electron chi connectivity index (χ0n) is 15.5. The quantitative estimate of drug-likeness (QED) is 0.568. The summed E-state index contributed by atoms with van der Waals surface area (Å²) in [4.78, 5) is 25.9. The van der Waals surface area contributed by atoms with E-state index >= 15 is 0 Å². The first kappa shape index (κ1) is 21.8. The summed E-state index contributed by atoms with van der Waals surface area (Å²) in [6.45, 7) is 0. The van der Waals surface area contributed by atoms with Crippen LogP contribution in [0.5, 0.6) is 5.75 Å². The Balaban J connectivity index is 1.91. The molecule has 2 aromatic carbocycles. The zero-order valence-corrected chi connectivity index (χ0v) is 17.1. The number of hydrogen-bond acceptors (Lipinski definition) is 3. The predicted molar refractivity (Wildman–Crippen MR) is 104 cm³/mol. The van der Waals surface area contributed by atoms with E-state index in [9.17, 15) is 27.2 Å². The van der Waals surface area contributed by atoms with Gasteiger partial charge in [0.1, 0.15) is 11.6 Å². The molecule has 2 amide bonds. The topological polar surface area (TPSA) is 58.6 Å². The highest BCUT2D eigenvalue weighted by atomic mass is 79.9. The van der Waals surface area contributed by atoms with Gasteiger partial charge in [0, 0.05) is 23.2 Å². The average molecular weight is 487 g/mol. The third kappa shape index (κ3) is 4.64. The average Bonchev–Trinajstić information content (AvgIpc) is 2.68. The van der Waals surface area contributed by atoms with E-state index in [1.807, 2.05) is 0 Å². The van der Waals surface area contributed by atoms with Gasteiger partial charge in [-0.1, -0.05) is 12.1 Å². The second-order valence-electron chi connectivity index (χ2n) is 6.42. The number of hydrogen-bond donors (Lipinski definition) is 1. The Kier molecular flexibility index (Phi) is 6.16. The third-order valence-corrected chi connectivity index (χ3v) is 5.13.